The number of fused-ring (bicyclic) bond motifs is 2. The monoisotopic (exact) mass is 358 g/mol. The molecule has 1 N–H and O–H groups in total. The molecule has 4 aromatic rings. The summed E-state index contributed by atoms with van der Waals surface area (Å²) in [4.78, 5) is 11.9. The summed E-state index contributed by atoms with van der Waals surface area (Å²) in [5.41, 5.74) is 1.62. The molecule has 0 bridgehead atoms. The number of hydrogen-bond donors (Lipinski definition) is 1. The topological polar surface area (TPSA) is 55.8 Å². The molecule has 4 aromatic carbocycles. The predicted octanol–water partition coefficient (Wildman–Crippen LogP) is 5.20. The molecule has 0 fully saturated rings. The van der Waals surface area contributed by atoms with E-state index >= 15 is 0 Å². The van der Waals surface area contributed by atoms with E-state index in [1.165, 1.54) is 14.2 Å². The van der Waals surface area contributed by atoms with Gasteiger partial charge in [0.2, 0.25) is 0 Å². The number of carbonyl (C=O) groups is 1. The molecular weight excluding hydrogens is 340 g/mol. The van der Waals surface area contributed by atoms with Gasteiger partial charge in [0.05, 0.1) is 19.8 Å². The molecule has 0 radical (unpaired) electrons. The van der Waals surface area contributed by atoms with Crippen LogP contribution in [0.2, 0.25) is 0 Å². The van der Waals surface area contributed by atoms with Crippen molar-refractivity contribution in [1.82, 2.24) is 0 Å². The number of rotatable bonds is 4. The molecule has 134 valence electrons. The van der Waals surface area contributed by atoms with E-state index < -0.39 is 0 Å². The average Bonchev–Trinajstić information content (AvgIpc) is 2.72. The van der Waals surface area contributed by atoms with Gasteiger partial charge in [0, 0.05) is 16.5 Å². The lowest BCUT2D eigenvalue weighted by molar-refractivity contribution is 0.111. The normalized spacial score (nSPS) is 10.9. The summed E-state index contributed by atoms with van der Waals surface area (Å²) in [6.45, 7) is 0. The first-order valence-electron chi connectivity index (χ1n) is 8.54. The zero-order chi connectivity index (χ0) is 19.0. The van der Waals surface area contributed by atoms with Crippen molar-refractivity contribution in [2.24, 2.45) is 0 Å². The van der Waals surface area contributed by atoms with Crippen LogP contribution in [0.25, 0.3) is 32.7 Å². The fourth-order valence-corrected chi connectivity index (χ4v) is 3.71. The number of aromatic hydroxyl groups is 1. The summed E-state index contributed by atoms with van der Waals surface area (Å²) in [6, 6.07) is 19.0. The van der Waals surface area contributed by atoms with Gasteiger partial charge < -0.3 is 14.6 Å². The molecule has 0 aliphatic carbocycles. The number of hydrogen-bond acceptors (Lipinski definition) is 4. The molecule has 27 heavy (non-hydrogen) atoms. The predicted molar refractivity (Wildman–Crippen MR) is 107 cm³/mol. The van der Waals surface area contributed by atoms with Crippen LogP contribution in [0.3, 0.4) is 0 Å². The van der Waals surface area contributed by atoms with Crippen molar-refractivity contribution in [1.29, 1.82) is 0 Å². The van der Waals surface area contributed by atoms with Crippen LogP contribution in [-0.2, 0) is 0 Å². The lowest BCUT2D eigenvalue weighted by Crippen LogP contribution is -2.00. The molecule has 4 nitrogen and oxygen atoms in total. The van der Waals surface area contributed by atoms with E-state index in [4.69, 9.17) is 9.47 Å². The average molecular weight is 358 g/mol. The largest absolute Gasteiger partial charge is 0.507 e. The third-order valence-electron chi connectivity index (χ3n) is 4.84. The van der Waals surface area contributed by atoms with E-state index in [-0.39, 0.29) is 5.75 Å². The lowest BCUT2D eigenvalue weighted by atomic mass is 9.90. The first-order valence-corrected chi connectivity index (χ1v) is 8.54. The maximum Gasteiger partial charge on any atom is 0.157 e. The van der Waals surface area contributed by atoms with E-state index in [2.05, 4.69) is 0 Å². The summed E-state index contributed by atoms with van der Waals surface area (Å²) in [7, 11) is 3.05. The number of phenolic OH excluding ortho intramolecular Hbond substituents is 1. The van der Waals surface area contributed by atoms with Gasteiger partial charge in [-0.2, -0.15) is 0 Å². The quantitative estimate of drug-likeness (QED) is 0.510. The summed E-state index contributed by atoms with van der Waals surface area (Å²) in [5, 5.41) is 14.2. The van der Waals surface area contributed by atoms with Crippen LogP contribution < -0.4 is 9.47 Å². The van der Waals surface area contributed by atoms with Crippen LogP contribution >= 0.6 is 0 Å². The summed E-state index contributed by atoms with van der Waals surface area (Å²) >= 11 is 0. The third kappa shape index (κ3) is 2.49. The number of benzene rings is 4. The third-order valence-corrected chi connectivity index (χ3v) is 4.84. The Hall–Kier alpha value is -3.53. The second-order valence-corrected chi connectivity index (χ2v) is 6.20. The van der Waals surface area contributed by atoms with Crippen molar-refractivity contribution in [2.45, 2.75) is 0 Å². The first kappa shape index (κ1) is 16.9. The second-order valence-electron chi connectivity index (χ2n) is 6.20. The molecule has 0 aromatic heterocycles. The minimum absolute atomic E-state index is 0.124. The van der Waals surface area contributed by atoms with Crippen molar-refractivity contribution in [3.05, 3.63) is 66.2 Å². The van der Waals surface area contributed by atoms with Crippen molar-refractivity contribution >= 4 is 27.8 Å². The van der Waals surface area contributed by atoms with Crippen LogP contribution in [0.1, 0.15) is 10.4 Å². The van der Waals surface area contributed by atoms with Gasteiger partial charge >= 0.3 is 0 Å². The number of carbonyl (C=O) groups excluding carboxylic acids is 1. The molecule has 0 heterocycles. The van der Waals surface area contributed by atoms with E-state index in [9.17, 15) is 9.90 Å². The highest BCUT2D eigenvalue weighted by Gasteiger charge is 2.24. The molecule has 0 spiro atoms. The highest BCUT2D eigenvalue weighted by Crippen LogP contribution is 2.49. The van der Waals surface area contributed by atoms with Gasteiger partial charge in [-0.05, 0) is 22.2 Å². The van der Waals surface area contributed by atoms with Crippen molar-refractivity contribution in [3.8, 4) is 28.4 Å². The molecule has 0 saturated heterocycles. The van der Waals surface area contributed by atoms with Crippen LogP contribution in [-0.4, -0.2) is 25.6 Å². The Morgan fingerprint density at radius 1 is 0.741 bits per heavy atom. The van der Waals surface area contributed by atoms with Gasteiger partial charge in [0.1, 0.15) is 17.2 Å². The maximum atomic E-state index is 11.9. The van der Waals surface area contributed by atoms with Gasteiger partial charge in [-0.1, -0.05) is 54.6 Å². The van der Waals surface area contributed by atoms with Crippen LogP contribution in [0, 0.1) is 0 Å². The van der Waals surface area contributed by atoms with Gasteiger partial charge in [0.15, 0.2) is 6.29 Å². The Bertz CT molecular complexity index is 1180. The number of methoxy groups -OCH3 is 2. The van der Waals surface area contributed by atoms with Crippen molar-refractivity contribution < 1.29 is 19.4 Å². The Labute approximate surface area is 156 Å². The van der Waals surface area contributed by atoms with Gasteiger partial charge in [-0.25, -0.2) is 0 Å². The minimum Gasteiger partial charge on any atom is -0.507 e. The summed E-state index contributed by atoms with van der Waals surface area (Å²) in [5.74, 6) is 0.965. The number of aldehydes is 1. The molecule has 0 saturated carbocycles. The zero-order valence-corrected chi connectivity index (χ0v) is 15.0. The smallest absolute Gasteiger partial charge is 0.157 e. The number of phenols is 1. The van der Waals surface area contributed by atoms with E-state index in [1.54, 1.807) is 6.07 Å². The van der Waals surface area contributed by atoms with Crippen molar-refractivity contribution in [2.75, 3.05) is 14.2 Å². The SMILES string of the molecule is COc1c(C=O)c(OC)c2ccccc2c1-c1c(O)ccc2ccccc12. The minimum atomic E-state index is 0.124. The summed E-state index contributed by atoms with van der Waals surface area (Å²) < 4.78 is 11.2. The highest BCUT2D eigenvalue weighted by molar-refractivity contribution is 6.14. The zero-order valence-electron chi connectivity index (χ0n) is 15.0. The second kappa shape index (κ2) is 6.65. The molecule has 0 atom stereocenters. The lowest BCUT2D eigenvalue weighted by Gasteiger charge is -2.20. The summed E-state index contributed by atoms with van der Waals surface area (Å²) in [6.07, 6.45) is 0.732. The Kier molecular flexibility index (Phi) is 4.16. The van der Waals surface area contributed by atoms with Crippen LogP contribution in [0.4, 0.5) is 0 Å². The molecule has 0 unspecified atom stereocenters. The van der Waals surface area contributed by atoms with Gasteiger partial charge in [0.25, 0.3) is 0 Å². The van der Waals surface area contributed by atoms with E-state index in [0.717, 1.165) is 27.8 Å². The Morgan fingerprint density at radius 3 is 2.04 bits per heavy atom. The molecule has 0 aliphatic heterocycles. The van der Waals surface area contributed by atoms with E-state index in [1.807, 2.05) is 54.6 Å². The molecule has 4 rings (SSSR count). The Morgan fingerprint density at radius 2 is 1.37 bits per heavy atom. The molecule has 0 aliphatic rings. The van der Waals surface area contributed by atoms with Crippen LogP contribution in [0.5, 0.6) is 17.2 Å². The maximum absolute atomic E-state index is 11.9. The van der Waals surface area contributed by atoms with Crippen molar-refractivity contribution in [3.63, 3.8) is 0 Å². The fourth-order valence-electron chi connectivity index (χ4n) is 3.71. The molecular formula is C23H18O4. The first-order chi connectivity index (χ1) is 13.2. The molecule has 0 amide bonds. The standard InChI is InChI=1S/C23H18O4/c1-26-22-17-10-6-5-9-16(17)21(23(27-2)18(22)13-24)20-15-8-4-3-7-14(15)11-12-19(20)25/h3-13,25H,1-2H3. The van der Waals surface area contributed by atoms with E-state index in [0.29, 0.717) is 28.2 Å². The van der Waals surface area contributed by atoms with Gasteiger partial charge in [-0.3, -0.25) is 4.79 Å². The molecule has 4 heteroatoms. The fraction of sp³-hybridized carbons (Fsp3) is 0.0870. The number of ether oxygens (including phenoxy) is 2. The Balaban J connectivity index is 2.28. The van der Waals surface area contributed by atoms with Gasteiger partial charge in [-0.15, -0.1) is 0 Å². The highest BCUT2D eigenvalue weighted by atomic mass is 16.5. The van der Waals surface area contributed by atoms with Crippen LogP contribution in [0.15, 0.2) is 60.7 Å².